The Labute approximate surface area is 121 Å². The van der Waals surface area contributed by atoms with Crippen molar-refractivity contribution in [2.45, 2.75) is 33.1 Å². The van der Waals surface area contributed by atoms with Gasteiger partial charge in [0.05, 0.1) is 6.54 Å². The predicted octanol–water partition coefficient (Wildman–Crippen LogP) is 0.193. The molecule has 1 rings (SSSR count). The van der Waals surface area contributed by atoms with Gasteiger partial charge in [0.15, 0.2) is 0 Å². The van der Waals surface area contributed by atoms with E-state index in [4.69, 9.17) is 5.84 Å². The summed E-state index contributed by atoms with van der Waals surface area (Å²) in [5.74, 6) is 5.72. The molecule has 3 N–H and O–H groups in total. The number of hydrogen-bond donors (Lipinski definition) is 2. The van der Waals surface area contributed by atoms with Crippen LogP contribution in [0, 0.1) is 11.8 Å². The molecule has 1 aliphatic rings. The average Bonchev–Trinajstić information content (AvgIpc) is 2.46. The summed E-state index contributed by atoms with van der Waals surface area (Å²) < 4.78 is 0. The number of likely N-dealkylation sites (N-methyl/N-ethyl adjacent to an activating group) is 1. The van der Waals surface area contributed by atoms with Gasteiger partial charge in [0, 0.05) is 25.6 Å². The first kappa shape index (κ1) is 16.9. The number of hydrazine groups is 1. The fourth-order valence-electron chi connectivity index (χ4n) is 2.57. The van der Waals surface area contributed by atoms with Crippen LogP contribution in [0.5, 0.6) is 0 Å². The standard InChI is InChI=1S/C14H28N4O2/c1-4-11(2)9-17(3)10-13(19)18-7-5-12(6-8-18)14(20)16-15/h11-12H,4-10,15H2,1-3H3,(H,16,20). The summed E-state index contributed by atoms with van der Waals surface area (Å²) in [4.78, 5) is 27.5. The van der Waals surface area contributed by atoms with Gasteiger partial charge in [-0.25, -0.2) is 5.84 Å². The van der Waals surface area contributed by atoms with Crippen molar-refractivity contribution >= 4 is 11.8 Å². The molecule has 0 aromatic heterocycles. The Morgan fingerprint density at radius 3 is 2.50 bits per heavy atom. The van der Waals surface area contributed by atoms with Gasteiger partial charge in [-0.3, -0.25) is 19.9 Å². The Hall–Kier alpha value is -1.14. The number of amides is 2. The summed E-state index contributed by atoms with van der Waals surface area (Å²) in [6.45, 7) is 7.04. The van der Waals surface area contributed by atoms with E-state index in [0.717, 1.165) is 13.0 Å². The van der Waals surface area contributed by atoms with Gasteiger partial charge in [-0.1, -0.05) is 20.3 Å². The van der Waals surface area contributed by atoms with Crippen LogP contribution in [0.3, 0.4) is 0 Å². The fraction of sp³-hybridized carbons (Fsp3) is 0.857. The number of hydrogen-bond acceptors (Lipinski definition) is 4. The van der Waals surface area contributed by atoms with Crippen LogP contribution in [0.1, 0.15) is 33.1 Å². The van der Waals surface area contributed by atoms with Gasteiger partial charge >= 0.3 is 0 Å². The van der Waals surface area contributed by atoms with E-state index in [2.05, 4.69) is 24.2 Å². The van der Waals surface area contributed by atoms with Crippen molar-refractivity contribution < 1.29 is 9.59 Å². The zero-order chi connectivity index (χ0) is 15.1. The zero-order valence-electron chi connectivity index (χ0n) is 12.9. The highest BCUT2D eigenvalue weighted by Gasteiger charge is 2.27. The smallest absolute Gasteiger partial charge is 0.237 e. The van der Waals surface area contributed by atoms with Crippen LogP contribution in [0.25, 0.3) is 0 Å². The fourth-order valence-corrected chi connectivity index (χ4v) is 2.57. The van der Waals surface area contributed by atoms with Gasteiger partial charge in [0.2, 0.25) is 11.8 Å². The molecule has 0 saturated carbocycles. The first-order valence-electron chi connectivity index (χ1n) is 7.44. The molecule has 0 aromatic rings. The summed E-state index contributed by atoms with van der Waals surface area (Å²) >= 11 is 0. The topological polar surface area (TPSA) is 78.7 Å². The number of carbonyl (C=O) groups excluding carboxylic acids is 2. The molecular weight excluding hydrogens is 256 g/mol. The number of piperidine rings is 1. The zero-order valence-corrected chi connectivity index (χ0v) is 12.9. The van der Waals surface area contributed by atoms with Gasteiger partial charge in [0.1, 0.15) is 0 Å². The van der Waals surface area contributed by atoms with Gasteiger partial charge in [0.25, 0.3) is 0 Å². The van der Waals surface area contributed by atoms with Crippen molar-refractivity contribution in [2.24, 2.45) is 17.7 Å². The first-order valence-corrected chi connectivity index (χ1v) is 7.44. The number of likely N-dealkylation sites (tertiary alicyclic amines) is 1. The van der Waals surface area contributed by atoms with E-state index in [1.165, 1.54) is 0 Å². The maximum absolute atomic E-state index is 12.2. The quantitative estimate of drug-likeness (QED) is 0.415. The van der Waals surface area contributed by atoms with E-state index in [-0.39, 0.29) is 17.7 Å². The summed E-state index contributed by atoms with van der Waals surface area (Å²) in [6, 6.07) is 0. The molecule has 1 aliphatic heterocycles. The number of nitrogens with one attached hydrogen (secondary N) is 1. The van der Waals surface area contributed by atoms with E-state index in [0.29, 0.717) is 38.4 Å². The van der Waals surface area contributed by atoms with Crippen LogP contribution in [-0.2, 0) is 9.59 Å². The second kappa shape index (κ2) is 8.21. The van der Waals surface area contributed by atoms with Crippen molar-refractivity contribution in [3.8, 4) is 0 Å². The van der Waals surface area contributed by atoms with E-state index in [9.17, 15) is 9.59 Å². The van der Waals surface area contributed by atoms with Gasteiger partial charge < -0.3 is 4.90 Å². The minimum Gasteiger partial charge on any atom is -0.342 e. The second-order valence-electron chi connectivity index (χ2n) is 5.87. The normalized spacial score (nSPS) is 18.1. The Bertz CT molecular complexity index is 327. The van der Waals surface area contributed by atoms with Crippen molar-refractivity contribution in [1.82, 2.24) is 15.2 Å². The monoisotopic (exact) mass is 284 g/mol. The highest BCUT2D eigenvalue weighted by molar-refractivity contribution is 5.80. The molecule has 1 atom stereocenters. The first-order chi connectivity index (χ1) is 9.47. The molecule has 1 unspecified atom stereocenters. The van der Waals surface area contributed by atoms with Crippen LogP contribution < -0.4 is 11.3 Å². The summed E-state index contributed by atoms with van der Waals surface area (Å²) in [5.41, 5.74) is 2.19. The molecular formula is C14H28N4O2. The van der Waals surface area contributed by atoms with Crippen molar-refractivity contribution in [1.29, 1.82) is 0 Å². The minimum atomic E-state index is -0.119. The summed E-state index contributed by atoms with van der Waals surface area (Å²) in [7, 11) is 1.98. The average molecular weight is 284 g/mol. The highest BCUT2D eigenvalue weighted by Crippen LogP contribution is 2.17. The van der Waals surface area contributed by atoms with Gasteiger partial charge in [-0.05, 0) is 25.8 Å². The molecule has 6 heteroatoms. The summed E-state index contributed by atoms with van der Waals surface area (Å²) in [6.07, 6.45) is 2.52. The van der Waals surface area contributed by atoms with E-state index in [1.807, 2.05) is 11.9 Å². The highest BCUT2D eigenvalue weighted by atomic mass is 16.2. The Morgan fingerprint density at radius 2 is 2.00 bits per heavy atom. The van der Waals surface area contributed by atoms with Crippen LogP contribution in [0.2, 0.25) is 0 Å². The van der Waals surface area contributed by atoms with Gasteiger partial charge in [-0.2, -0.15) is 0 Å². The number of carbonyl (C=O) groups is 2. The lowest BCUT2D eigenvalue weighted by molar-refractivity contribution is -0.136. The minimum absolute atomic E-state index is 0.0538. The van der Waals surface area contributed by atoms with Crippen LogP contribution in [-0.4, -0.2) is 54.8 Å². The lowest BCUT2D eigenvalue weighted by Crippen LogP contribution is -2.47. The van der Waals surface area contributed by atoms with E-state index >= 15 is 0 Å². The second-order valence-corrected chi connectivity index (χ2v) is 5.87. The van der Waals surface area contributed by atoms with Crippen molar-refractivity contribution in [2.75, 3.05) is 33.2 Å². The van der Waals surface area contributed by atoms with Crippen molar-refractivity contribution in [3.63, 3.8) is 0 Å². The molecule has 0 aromatic carbocycles. The predicted molar refractivity (Wildman–Crippen MR) is 78.6 cm³/mol. The molecule has 0 bridgehead atoms. The lowest BCUT2D eigenvalue weighted by Gasteiger charge is -2.32. The molecule has 0 spiro atoms. The third-order valence-electron chi connectivity index (χ3n) is 4.09. The summed E-state index contributed by atoms with van der Waals surface area (Å²) in [5, 5.41) is 0. The molecule has 1 fully saturated rings. The molecule has 1 heterocycles. The Morgan fingerprint density at radius 1 is 1.40 bits per heavy atom. The number of nitrogens with zero attached hydrogens (tertiary/aromatic N) is 2. The van der Waals surface area contributed by atoms with E-state index in [1.54, 1.807) is 0 Å². The maximum Gasteiger partial charge on any atom is 0.237 e. The lowest BCUT2D eigenvalue weighted by atomic mass is 9.96. The van der Waals surface area contributed by atoms with Crippen LogP contribution >= 0.6 is 0 Å². The van der Waals surface area contributed by atoms with Crippen LogP contribution in [0.4, 0.5) is 0 Å². The third-order valence-corrected chi connectivity index (χ3v) is 4.09. The largest absolute Gasteiger partial charge is 0.342 e. The van der Waals surface area contributed by atoms with Crippen LogP contribution in [0.15, 0.2) is 0 Å². The van der Waals surface area contributed by atoms with E-state index < -0.39 is 0 Å². The molecule has 20 heavy (non-hydrogen) atoms. The molecule has 6 nitrogen and oxygen atoms in total. The third kappa shape index (κ3) is 5.09. The van der Waals surface area contributed by atoms with Gasteiger partial charge in [-0.15, -0.1) is 0 Å². The number of rotatable bonds is 6. The molecule has 2 amide bonds. The Balaban J connectivity index is 2.34. The number of nitrogens with two attached hydrogens (primary N) is 1. The molecule has 0 aliphatic carbocycles. The SMILES string of the molecule is CCC(C)CN(C)CC(=O)N1CCC(C(=O)NN)CC1. The molecule has 0 radical (unpaired) electrons. The van der Waals surface area contributed by atoms with Crippen molar-refractivity contribution in [3.05, 3.63) is 0 Å². The molecule has 1 saturated heterocycles. The Kier molecular flexibility index (Phi) is 6.95. The molecule has 116 valence electrons. The maximum atomic E-state index is 12.2.